The van der Waals surface area contributed by atoms with Gasteiger partial charge >= 0.3 is 0 Å². The second kappa shape index (κ2) is 9.27. The average molecular weight is 403 g/mol. The highest BCUT2D eigenvalue weighted by Gasteiger charge is 2.19. The largest absolute Gasteiger partial charge is 0.362 e. The summed E-state index contributed by atoms with van der Waals surface area (Å²) in [6.07, 6.45) is 9.25. The summed E-state index contributed by atoms with van der Waals surface area (Å²) in [6, 6.07) is 6.57. The minimum atomic E-state index is -0.281. The lowest BCUT2D eigenvalue weighted by Gasteiger charge is -2.26. The first-order valence-electron chi connectivity index (χ1n) is 8.81. The van der Waals surface area contributed by atoms with Crippen molar-refractivity contribution in [2.45, 2.75) is 25.3 Å². The Balaban J connectivity index is 0.000000516. The third-order valence-corrected chi connectivity index (χ3v) is 4.52. The van der Waals surface area contributed by atoms with Gasteiger partial charge in [0.1, 0.15) is 5.82 Å². The number of hydrogen-bond donors (Lipinski definition) is 2. The van der Waals surface area contributed by atoms with Gasteiger partial charge in [0.15, 0.2) is 0 Å². The van der Waals surface area contributed by atoms with Crippen LogP contribution in [0.5, 0.6) is 0 Å². The average Bonchev–Trinajstić information content (AvgIpc) is 3.16. The van der Waals surface area contributed by atoms with Crippen molar-refractivity contribution in [2.24, 2.45) is 0 Å². The van der Waals surface area contributed by atoms with Gasteiger partial charge in [0.25, 0.3) is 0 Å². The van der Waals surface area contributed by atoms with Crippen LogP contribution in [0.1, 0.15) is 19.3 Å². The van der Waals surface area contributed by atoms with Gasteiger partial charge in [-0.05, 0) is 43.5 Å². The van der Waals surface area contributed by atoms with Crippen LogP contribution in [-0.2, 0) is 4.79 Å². The second-order valence-corrected chi connectivity index (χ2v) is 6.63. The molecule has 9 heteroatoms. The van der Waals surface area contributed by atoms with Crippen molar-refractivity contribution in [1.82, 2.24) is 25.1 Å². The second-order valence-electron chi connectivity index (χ2n) is 6.22. The number of halogens is 2. The predicted molar refractivity (Wildman–Crippen MR) is 106 cm³/mol. The van der Waals surface area contributed by atoms with Crippen LogP contribution < -0.4 is 10.6 Å². The molecule has 0 spiro atoms. The van der Waals surface area contributed by atoms with E-state index in [1.807, 2.05) is 6.20 Å². The van der Waals surface area contributed by atoms with Gasteiger partial charge in [-0.15, -0.1) is 0 Å². The molecule has 1 aliphatic carbocycles. The maximum absolute atomic E-state index is 13.0. The van der Waals surface area contributed by atoms with Crippen LogP contribution in [-0.4, -0.2) is 39.2 Å². The number of rotatable bonds is 5. The summed E-state index contributed by atoms with van der Waals surface area (Å²) < 4.78 is 14.7. The molecule has 1 saturated carbocycles. The Labute approximate surface area is 167 Å². The van der Waals surface area contributed by atoms with Crippen molar-refractivity contribution in [3.8, 4) is 16.9 Å². The molecule has 2 aromatic heterocycles. The molecule has 7 nitrogen and oxygen atoms in total. The van der Waals surface area contributed by atoms with Gasteiger partial charge in [-0.25, -0.2) is 19.0 Å². The van der Waals surface area contributed by atoms with Crippen LogP contribution in [0.3, 0.4) is 0 Å². The molecule has 0 bridgehead atoms. The van der Waals surface area contributed by atoms with Crippen molar-refractivity contribution in [2.75, 3.05) is 12.4 Å². The first kappa shape index (κ1) is 19.8. The zero-order chi connectivity index (χ0) is 19.9. The molecular formula is C19H20ClFN6O. The maximum atomic E-state index is 13.0. The monoisotopic (exact) mass is 402 g/mol. The minimum absolute atomic E-state index is 0.281. The van der Waals surface area contributed by atoms with E-state index >= 15 is 0 Å². The van der Waals surface area contributed by atoms with E-state index in [1.165, 1.54) is 18.6 Å². The smallest absolute Gasteiger partial charge is 0.223 e. The Hall–Kier alpha value is -3.00. The van der Waals surface area contributed by atoms with Gasteiger partial charge in [-0.3, -0.25) is 4.79 Å². The zero-order valence-corrected chi connectivity index (χ0v) is 16.0. The Morgan fingerprint density at radius 2 is 1.96 bits per heavy atom. The summed E-state index contributed by atoms with van der Waals surface area (Å²) in [4.78, 5) is 17.8. The molecule has 0 atom stereocenters. The van der Waals surface area contributed by atoms with E-state index in [-0.39, 0.29) is 5.82 Å². The zero-order valence-electron chi connectivity index (χ0n) is 15.3. The van der Waals surface area contributed by atoms with E-state index in [2.05, 4.69) is 25.7 Å². The Bertz CT molecular complexity index is 926. The summed E-state index contributed by atoms with van der Waals surface area (Å²) in [7, 11) is 1.56. The highest BCUT2D eigenvalue weighted by Crippen LogP contribution is 2.28. The van der Waals surface area contributed by atoms with Crippen molar-refractivity contribution in [1.29, 1.82) is 0 Å². The lowest BCUT2D eigenvalue weighted by molar-refractivity contribution is -0.109. The fourth-order valence-electron chi connectivity index (χ4n) is 2.55. The number of benzene rings is 1. The Morgan fingerprint density at radius 1 is 1.25 bits per heavy atom. The van der Waals surface area contributed by atoms with Gasteiger partial charge in [0.2, 0.25) is 12.4 Å². The highest BCUT2D eigenvalue weighted by molar-refractivity contribution is 6.32. The number of nitrogens with zero attached hydrogens (tertiary/aromatic N) is 4. The molecule has 0 saturated heterocycles. The molecular weight excluding hydrogens is 383 g/mol. The van der Waals surface area contributed by atoms with E-state index in [1.54, 1.807) is 36.3 Å². The molecule has 2 N–H and O–H groups in total. The van der Waals surface area contributed by atoms with E-state index < -0.39 is 0 Å². The molecule has 1 amide bonds. The quantitative estimate of drug-likeness (QED) is 0.638. The number of carbonyl (C=O) groups excluding carboxylic acids is 1. The third kappa shape index (κ3) is 4.83. The molecule has 0 radical (unpaired) electrons. The standard InChI is InChI=1S/C17H15ClFN5.C2H5NO/c18-15-9-20-17(22-13-2-1-3-13)23-16(15)11-8-21-24(10-11)14-6-4-12(19)5-7-14;1-3-2-4/h4-10,13H,1-3H2,(H,20,22,23);2H,1H3,(H,3,4). The van der Waals surface area contributed by atoms with Crippen LogP contribution in [0.4, 0.5) is 10.3 Å². The number of aromatic nitrogens is 4. The number of nitrogens with one attached hydrogen (secondary N) is 2. The van der Waals surface area contributed by atoms with Gasteiger partial charge in [-0.2, -0.15) is 5.10 Å². The van der Waals surface area contributed by atoms with Gasteiger partial charge < -0.3 is 10.6 Å². The Morgan fingerprint density at radius 3 is 2.57 bits per heavy atom. The first-order valence-corrected chi connectivity index (χ1v) is 9.19. The van der Waals surface area contributed by atoms with Crippen LogP contribution in [0.2, 0.25) is 5.02 Å². The van der Waals surface area contributed by atoms with Crippen molar-refractivity contribution in [3.63, 3.8) is 0 Å². The molecule has 0 aliphatic heterocycles. The van der Waals surface area contributed by atoms with Crippen LogP contribution in [0.25, 0.3) is 16.9 Å². The van der Waals surface area contributed by atoms with Crippen LogP contribution in [0.15, 0.2) is 42.9 Å². The van der Waals surface area contributed by atoms with Gasteiger partial charge in [0, 0.05) is 24.8 Å². The molecule has 146 valence electrons. The maximum Gasteiger partial charge on any atom is 0.223 e. The Kier molecular flexibility index (Phi) is 6.54. The highest BCUT2D eigenvalue weighted by atomic mass is 35.5. The van der Waals surface area contributed by atoms with Crippen LogP contribution >= 0.6 is 11.6 Å². The SMILES string of the molecule is CNC=O.Fc1ccc(-n2cc(-c3nc(NC4CCC4)ncc3Cl)cn2)cc1. The van der Waals surface area contributed by atoms with E-state index in [0.717, 1.165) is 24.1 Å². The summed E-state index contributed by atoms with van der Waals surface area (Å²) in [5.41, 5.74) is 2.17. The van der Waals surface area contributed by atoms with E-state index in [0.29, 0.717) is 29.1 Å². The number of carbonyl (C=O) groups is 1. The minimum Gasteiger partial charge on any atom is -0.362 e. The summed E-state index contributed by atoms with van der Waals surface area (Å²) >= 11 is 6.25. The van der Waals surface area contributed by atoms with Crippen LogP contribution in [0, 0.1) is 5.82 Å². The van der Waals surface area contributed by atoms with Crippen molar-refractivity contribution in [3.05, 3.63) is 53.7 Å². The molecule has 1 aliphatic rings. The lowest BCUT2D eigenvalue weighted by atomic mass is 9.93. The van der Waals surface area contributed by atoms with E-state index in [9.17, 15) is 4.39 Å². The first-order chi connectivity index (χ1) is 13.6. The van der Waals surface area contributed by atoms with Gasteiger partial charge in [0.05, 0.1) is 28.8 Å². The molecule has 1 fully saturated rings. The third-order valence-electron chi connectivity index (χ3n) is 4.25. The molecule has 4 rings (SSSR count). The molecule has 0 unspecified atom stereocenters. The van der Waals surface area contributed by atoms with E-state index in [4.69, 9.17) is 16.4 Å². The molecule has 2 heterocycles. The normalized spacial score (nSPS) is 13.1. The molecule has 1 aromatic carbocycles. The summed E-state index contributed by atoms with van der Waals surface area (Å²) in [5.74, 6) is 0.297. The number of anilines is 1. The number of hydrogen-bond acceptors (Lipinski definition) is 5. The lowest BCUT2D eigenvalue weighted by Crippen LogP contribution is -2.28. The molecule has 3 aromatic rings. The van der Waals surface area contributed by atoms with Gasteiger partial charge in [-0.1, -0.05) is 11.6 Å². The fraction of sp³-hybridized carbons (Fsp3) is 0.263. The predicted octanol–water partition coefficient (Wildman–Crippen LogP) is 3.45. The topological polar surface area (TPSA) is 84.7 Å². The van der Waals surface area contributed by atoms with Crippen molar-refractivity contribution < 1.29 is 9.18 Å². The number of amides is 1. The summed E-state index contributed by atoms with van der Waals surface area (Å²) in [5, 5.41) is 10.3. The molecule has 28 heavy (non-hydrogen) atoms. The van der Waals surface area contributed by atoms with Crippen molar-refractivity contribution >= 4 is 24.0 Å². The summed E-state index contributed by atoms with van der Waals surface area (Å²) in [6.45, 7) is 0. The fourth-order valence-corrected chi connectivity index (χ4v) is 2.75.